The summed E-state index contributed by atoms with van der Waals surface area (Å²) in [6, 6.07) is 28.6. The molecule has 1 aromatic heterocycles. The van der Waals surface area contributed by atoms with Gasteiger partial charge in [-0.2, -0.15) is 4.98 Å². The lowest BCUT2D eigenvalue weighted by molar-refractivity contribution is 0.397. The number of hydrogen-bond donors (Lipinski definition) is 1. The van der Waals surface area contributed by atoms with E-state index in [0.717, 1.165) is 35.4 Å². The highest BCUT2D eigenvalue weighted by molar-refractivity contribution is 7.80. The van der Waals surface area contributed by atoms with Crippen LogP contribution in [0.3, 0.4) is 0 Å². The summed E-state index contributed by atoms with van der Waals surface area (Å²) in [6.45, 7) is 4.90. The van der Waals surface area contributed by atoms with Gasteiger partial charge in [-0.25, -0.2) is 0 Å². The number of nitrogens with one attached hydrogen (secondary N) is 1. The summed E-state index contributed by atoms with van der Waals surface area (Å²) in [5.74, 6) is 1.08. The van der Waals surface area contributed by atoms with Crippen molar-refractivity contribution in [2.45, 2.75) is 26.3 Å². The van der Waals surface area contributed by atoms with Gasteiger partial charge in [0.2, 0.25) is 5.82 Å². The van der Waals surface area contributed by atoms with Crippen molar-refractivity contribution in [3.8, 4) is 11.4 Å². The predicted molar refractivity (Wildman–Crippen MR) is 139 cm³/mol. The van der Waals surface area contributed by atoms with E-state index in [1.807, 2.05) is 36.4 Å². The first-order valence-corrected chi connectivity index (χ1v) is 11.8. The normalized spacial score (nSPS) is 16.0. The minimum absolute atomic E-state index is 0.173. The maximum absolute atomic E-state index is 5.83. The Hall–Kier alpha value is -3.77. The molecule has 6 heteroatoms. The molecule has 1 aliphatic rings. The monoisotopic (exact) mass is 466 g/mol. The van der Waals surface area contributed by atoms with Crippen LogP contribution in [0.5, 0.6) is 0 Å². The number of allylic oxidation sites excluding steroid dienone is 1. The van der Waals surface area contributed by atoms with Crippen LogP contribution in [0.15, 0.2) is 95.1 Å². The number of rotatable bonds is 6. The maximum atomic E-state index is 5.83. The molecule has 1 aliphatic heterocycles. The smallest absolute Gasteiger partial charge is 0.258 e. The molecule has 0 amide bonds. The molecule has 0 saturated carbocycles. The molecule has 34 heavy (non-hydrogen) atoms. The average Bonchev–Trinajstić information content (AvgIpc) is 3.35. The van der Waals surface area contributed by atoms with Gasteiger partial charge in [0, 0.05) is 17.8 Å². The van der Waals surface area contributed by atoms with Gasteiger partial charge < -0.3 is 14.7 Å². The first-order valence-electron chi connectivity index (χ1n) is 11.4. The highest BCUT2D eigenvalue weighted by Crippen LogP contribution is 2.37. The van der Waals surface area contributed by atoms with E-state index in [4.69, 9.17) is 21.7 Å². The van der Waals surface area contributed by atoms with Crippen LogP contribution in [0.25, 0.3) is 17.0 Å². The summed E-state index contributed by atoms with van der Waals surface area (Å²) >= 11 is 5.81. The molecule has 5 nitrogen and oxygen atoms in total. The first kappa shape index (κ1) is 22.0. The number of thiocarbonyl (C=S) groups is 1. The van der Waals surface area contributed by atoms with Crippen LogP contribution in [0, 0.1) is 6.92 Å². The molecule has 5 rings (SSSR count). The Balaban J connectivity index is 1.53. The van der Waals surface area contributed by atoms with E-state index in [2.05, 4.69) is 77.8 Å². The molecule has 4 aromatic rings. The molecule has 0 bridgehead atoms. The highest BCUT2D eigenvalue weighted by Gasteiger charge is 2.33. The van der Waals surface area contributed by atoms with E-state index in [0.29, 0.717) is 16.8 Å². The summed E-state index contributed by atoms with van der Waals surface area (Å²) in [6.07, 6.45) is 0.877. The van der Waals surface area contributed by atoms with Crippen LogP contribution in [0.4, 0.5) is 0 Å². The molecule has 0 aliphatic carbocycles. The SMILES string of the molecule is CC1=C(c2nc(-c3ccc(C)cc3)no2)C(c2ccccc2)NC(=S)N1CCc1ccccc1. The van der Waals surface area contributed by atoms with E-state index in [1.54, 1.807) is 0 Å². The number of aromatic nitrogens is 2. The summed E-state index contributed by atoms with van der Waals surface area (Å²) in [5.41, 5.74) is 6.44. The zero-order valence-corrected chi connectivity index (χ0v) is 20.0. The molecular weight excluding hydrogens is 440 g/mol. The third kappa shape index (κ3) is 4.50. The van der Waals surface area contributed by atoms with E-state index in [1.165, 1.54) is 11.1 Å². The highest BCUT2D eigenvalue weighted by atomic mass is 32.1. The Morgan fingerprint density at radius 2 is 1.59 bits per heavy atom. The zero-order chi connectivity index (χ0) is 23.5. The lowest BCUT2D eigenvalue weighted by atomic mass is 9.94. The second kappa shape index (κ2) is 9.61. The Bertz CT molecular complexity index is 1310. The van der Waals surface area contributed by atoms with Crippen molar-refractivity contribution < 1.29 is 4.52 Å². The number of aryl methyl sites for hydroxylation is 1. The molecule has 3 aromatic carbocycles. The van der Waals surface area contributed by atoms with Crippen LogP contribution in [0.1, 0.15) is 35.5 Å². The van der Waals surface area contributed by atoms with Crippen molar-refractivity contribution >= 4 is 22.9 Å². The molecule has 0 saturated heterocycles. The Morgan fingerprint density at radius 1 is 0.912 bits per heavy atom. The van der Waals surface area contributed by atoms with Crippen LogP contribution in [-0.4, -0.2) is 26.7 Å². The fraction of sp³-hybridized carbons (Fsp3) is 0.179. The van der Waals surface area contributed by atoms with E-state index < -0.39 is 0 Å². The molecule has 0 radical (unpaired) electrons. The lowest BCUT2D eigenvalue weighted by Gasteiger charge is -2.37. The molecule has 1 N–H and O–H groups in total. The zero-order valence-electron chi connectivity index (χ0n) is 19.2. The van der Waals surface area contributed by atoms with Gasteiger partial charge in [0.05, 0.1) is 11.6 Å². The summed E-state index contributed by atoms with van der Waals surface area (Å²) < 4.78 is 5.83. The van der Waals surface area contributed by atoms with Gasteiger partial charge in [-0.15, -0.1) is 0 Å². The van der Waals surface area contributed by atoms with Gasteiger partial charge in [-0.3, -0.25) is 0 Å². The molecule has 0 spiro atoms. The summed E-state index contributed by atoms with van der Waals surface area (Å²) in [4.78, 5) is 6.92. The first-order chi connectivity index (χ1) is 16.6. The topological polar surface area (TPSA) is 54.2 Å². The second-order valence-corrected chi connectivity index (χ2v) is 8.86. The third-order valence-corrected chi connectivity index (χ3v) is 6.50. The average molecular weight is 467 g/mol. The number of benzene rings is 3. The maximum Gasteiger partial charge on any atom is 0.258 e. The molecule has 1 atom stereocenters. The summed E-state index contributed by atoms with van der Waals surface area (Å²) in [5, 5.41) is 8.52. The van der Waals surface area contributed by atoms with Gasteiger partial charge in [-0.1, -0.05) is 95.6 Å². The second-order valence-electron chi connectivity index (χ2n) is 8.47. The third-order valence-electron chi connectivity index (χ3n) is 6.16. The largest absolute Gasteiger partial charge is 0.351 e. The van der Waals surface area contributed by atoms with Gasteiger partial charge in [0.25, 0.3) is 5.89 Å². The van der Waals surface area contributed by atoms with Crippen molar-refractivity contribution in [2.24, 2.45) is 0 Å². The Labute approximate surface area is 205 Å². The van der Waals surface area contributed by atoms with Crippen molar-refractivity contribution in [3.05, 3.63) is 113 Å². The summed E-state index contributed by atoms with van der Waals surface area (Å²) in [7, 11) is 0. The molecule has 2 heterocycles. The van der Waals surface area contributed by atoms with Gasteiger partial charge >= 0.3 is 0 Å². The van der Waals surface area contributed by atoms with Crippen LogP contribution < -0.4 is 5.32 Å². The fourth-order valence-electron chi connectivity index (χ4n) is 4.26. The number of hydrogen-bond acceptors (Lipinski definition) is 4. The van der Waals surface area contributed by atoms with E-state index in [-0.39, 0.29) is 6.04 Å². The molecule has 1 unspecified atom stereocenters. The fourth-order valence-corrected chi connectivity index (χ4v) is 4.61. The van der Waals surface area contributed by atoms with Gasteiger partial charge in [-0.05, 0) is 43.6 Å². The Morgan fingerprint density at radius 3 is 2.29 bits per heavy atom. The van der Waals surface area contributed by atoms with Crippen LogP contribution >= 0.6 is 12.2 Å². The Kier molecular flexibility index (Phi) is 6.23. The quantitative estimate of drug-likeness (QED) is 0.354. The number of nitrogens with zero attached hydrogens (tertiary/aromatic N) is 3. The minimum atomic E-state index is -0.173. The molecular formula is C28H26N4OS. The van der Waals surface area contributed by atoms with Crippen LogP contribution in [-0.2, 0) is 6.42 Å². The molecule has 0 fully saturated rings. The standard InChI is InChI=1S/C28H26N4OS/c1-19-13-15-23(16-14-19)26-30-27(33-31-26)24-20(2)32(18-17-21-9-5-3-6-10-21)28(34)29-25(24)22-11-7-4-8-12-22/h3-16,25H,17-18H2,1-2H3,(H,29,34). The van der Waals surface area contributed by atoms with Gasteiger partial charge in [0.1, 0.15) is 0 Å². The van der Waals surface area contributed by atoms with Crippen molar-refractivity contribution in [1.82, 2.24) is 20.4 Å². The van der Waals surface area contributed by atoms with Crippen molar-refractivity contribution in [2.75, 3.05) is 6.54 Å². The lowest BCUT2D eigenvalue weighted by Crippen LogP contribution is -2.46. The molecule has 170 valence electrons. The predicted octanol–water partition coefficient (Wildman–Crippen LogP) is 5.95. The van der Waals surface area contributed by atoms with Crippen LogP contribution in [0.2, 0.25) is 0 Å². The van der Waals surface area contributed by atoms with Gasteiger partial charge in [0.15, 0.2) is 5.11 Å². The van der Waals surface area contributed by atoms with E-state index in [9.17, 15) is 0 Å². The van der Waals surface area contributed by atoms with E-state index >= 15 is 0 Å². The van der Waals surface area contributed by atoms with Crippen molar-refractivity contribution in [1.29, 1.82) is 0 Å². The minimum Gasteiger partial charge on any atom is -0.351 e. The van der Waals surface area contributed by atoms with Crippen molar-refractivity contribution in [3.63, 3.8) is 0 Å².